The molecule has 1 unspecified atom stereocenters. The van der Waals surface area contributed by atoms with Crippen LogP contribution in [0.1, 0.15) is 22.9 Å². The SMILES string of the molecule is COc1ccccc1CNC(=O)C(C)N(C)Cc1sccc1C. The summed E-state index contributed by atoms with van der Waals surface area (Å²) in [5, 5.41) is 5.08. The fourth-order valence-electron chi connectivity index (χ4n) is 2.31. The summed E-state index contributed by atoms with van der Waals surface area (Å²) in [6.45, 7) is 5.29. The molecule has 2 rings (SSSR count). The lowest BCUT2D eigenvalue weighted by Crippen LogP contribution is -2.42. The van der Waals surface area contributed by atoms with Crippen molar-refractivity contribution < 1.29 is 9.53 Å². The van der Waals surface area contributed by atoms with Gasteiger partial charge in [-0.15, -0.1) is 11.3 Å². The van der Waals surface area contributed by atoms with Crippen molar-refractivity contribution in [3.63, 3.8) is 0 Å². The Morgan fingerprint density at radius 1 is 1.35 bits per heavy atom. The number of methoxy groups -OCH3 is 1. The van der Waals surface area contributed by atoms with E-state index < -0.39 is 0 Å². The molecule has 1 N–H and O–H groups in total. The summed E-state index contributed by atoms with van der Waals surface area (Å²) in [4.78, 5) is 15.7. The monoisotopic (exact) mass is 332 g/mol. The summed E-state index contributed by atoms with van der Waals surface area (Å²) in [5.41, 5.74) is 2.26. The van der Waals surface area contributed by atoms with E-state index in [4.69, 9.17) is 4.74 Å². The van der Waals surface area contributed by atoms with Crippen LogP contribution in [-0.2, 0) is 17.9 Å². The first kappa shape index (κ1) is 17.5. The van der Waals surface area contributed by atoms with E-state index in [-0.39, 0.29) is 11.9 Å². The number of carbonyl (C=O) groups is 1. The van der Waals surface area contributed by atoms with Gasteiger partial charge in [0.05, 0.1) is 13.2 Å². The molecule has 1 heterocycles. The van der Waals surface area contributed by atoms with Crippen LogP contribution < -0.4 is 10.1 Å². The minimum Gasteiger partial charge on any atom is -0.496 e. The zero-order valence-electron chi connectivity index (χ0n) is 14.1. The molecule has 0 bridgehead atoms. The van der Waals surface area contributed by atoms with Gasteiger partial charge in [0, 0.05) is 23.5 Å². The molecule has 0 spiro atoms. The quantitative estimate of drug-likeness (QED) is 0.846. The number of ether oxygens (including phenoxy) is 1. The fraction of sp³-hybridized carbons (Fsp3) is 0.389. The largest absolute Gasteiger partial charge is 0.496 e. The maximum absolute atomic E-state index is 12.4. The Hall–Kier alpha value is -1.85. The van der Waals surface area contributed by atoms with Gasteiger partial charge in [-0.25, -0.2) is 0 Å². The van der Waals surface area contributed by atoms with Crippen molar-refractivity contribution in [3.8, 4) is 5.75 Å². The first-order chi connectivity index (χ1) is 11.0. The number of carbonyl (C=O) groups excluding carboxylic acids is 1. The molecule has 0 aliphatic carbocycles. The van der Waals surface area contributed by atoms with Gasteiger partial charge < -0.3 is 10.1 Å². The van der Waals surface area contributed by atoms with Crippen LogP contribution in [0.5, 0.6) is 5.75 Å². The molecular weight excluding hydrogens is 308 g/mol. The summed E-state index contributed by atoms with van der Waals surface area (Å²) < 4.78 is 5.31. The minimum absolute atomic E-state index is 0.0209. The number of rotatable bonds is 7. The Balaban J connectivity index is 1.90. The second-order valence-electron chi connectivity index (χ2n) is 5.65. The van der Waals surface area contributed by atoms with E-state index >= 15 is 0 Å². The van der Waals surface area contributed by atoms with Crippen molar-refractivity contribution in [3.05, 3.63) is 51.7 Å². The van der Waals surface area contributed by atoms with Crippen LogP contribution in [0.4, 0.5) is 0 Å². The zero-order valence-corrected chi connectivity index (χ0v) is 14.9. The van der Waals surface area contributed by atoms with Crippen molar-refractivity contribution in [2.75, 3.05) is 14.2 Å². The van der Waals surface area contributed by atoms with Crippen molar-refractivity contribution in [1.29, 1.82) is 0 Å². The molecule has 4 nitrogen and oxygen atoms in total. The molecule has 5 heteroatoms. The number of para-hydroxylation sites is 1. The third-order valence-corrected chi connectivity index (χ3v) is 5.06. The van der Waals surface area contributed by atoms with Gasteiger partial charge in [-0.1, -0.05) is 18.2 Å². The number of nitrogens with one attached hydrogen (secondary N) is 1. The maximum atomic E-state index is 12.4. The maximum Gasteiger partial charge on any atom is 0.237 e. The molecule has 0 radical (unpaired) electrons. The topological polar surface area (TPSA) is 41.6 Å². The van der Waals surface area contributed by atoms with Gasteiger partial charge >= 0.3 is 0 Å². The highest BCUT2D eigenvalue weighted by Gasteiger charge is 2.19. The molecule has 23 heavy (non-hydrogen) atoms. The van der Waals surface area contributed by atoms with Crippen molar-refractivity contribution >= 4 is 17.2 Å². The fourth-order valence-corrected chi connectivity index (χ4v) is 3.28. The Morgan fingerprint density at radius 2 is 2.09 bits per heavy atom. The van der Waals surface area contributed by atoms with Crippen LogP contribution in [-0.4, -0.2) is 31.0 Å². The number of hydrogen-bond donors (Lipinski definition) is 1. The number of nitrogens with zero attached hydrogens (tertiary/aromatic N) is 1. The number of likely N-dealkylation sites (N-methyl/N-ethyl adjacent to an activating group) is 1. The van der Waals surface area contributed by atoms with Crippen molar-refractivity contribution in [1.82, 2.24) is 10.2 Å². The van der Waals surface area contributed by atoms with E-state index in [0.29, 0.717) is 6.54 Å². The Morgan fingerprint density at radius 3 is 2.74 bits per heavy atom. The number of hydrogen-bond acceptors (Lipinski definition) is 4. The second-order valence-corrected chi connectivity index (χ2v) is 6.65. The number of amides is 1. The molecule has 124 valence electrons. The third-order valence-electron chi connectivity index (χ3n) is 4.05. The lowest BCUT2D eigenvalue weighted by molar-refractivity contribution is -0.125. The Bertz CT molecular complexity index is 654. The van der Waals surface area contributed by atoms with E-state index in [9.17, 15) is 4.79 Å². The second kappa shape index (κ2) is 8.13. The molecule has 1 aromatic carbocycles. The third kappa shape index (κ3) is 4.56. The zero-order chi connectivity index (χ0) is 16.8. The molecule has 0 aliphatic heterocycles. The van der Waals surface area contributed by atoms with Gasteiger partial charge in [0.2, 0.25) is 5.91 Å². The van der Waals surface area contributed by atoms with Gasteiger partial charge in [-0.3, -0.25) is 9.69 Å². The molecule has 0 fully saturated rings. The van der Waals surface area contributed by atoms with Gasteiger partial charge in [0.25, 0.3) is 0 Å². The standard InChI is InChI=1S/C18H24N2O2S/c1-13-9-10-23-17(13)12-20(3)14(2)18(21)19-11-15-7-5-6-8-16(15)22-4/h5-10,14H,11-12H2,1-4H3,(H,19,21). The summed E-state index contributed by atoms with van der Waals surface area (Å²) in [6.07, 6.45) is 0. The predicted octanol–water partition coefficient (Wildman–Crippen LogP) is 3.20. The molecule has 0 saturated heterocycles. The van der Waals surface area contributed by atoms with Gasteiger partial charge in [0.15, 0.2) is 0 Å². The van der Waals surface area contributed by atoms with Gasteiger partial charge in [-0.2, -0.15) is 0 Å². The minimum atomic E-state index is -0.189. The smallest absolute Gasteiger partial charge is 0.237 e. The highest BCUT2D eigenvalue weighted by atomic mass is 32.1. The molecule has 1 aromatic heterocycles. The van der Waals surface area contributed by atoms with Gasteiger partial charge in [-0.05, 0) is 44.0 Å². The van der Waals surface area contributed by atoms with E-state index in [1.54, 1.807) is 18.4 Å². The summed E-state index contributed by atoms with van der Waals surface area (Å²) in [6, 6.07) is 9.65. The van der Waals surface area contributed by atoms with Crippen LogP contribution in [0.15, 0.2) is 35.7 Å². The molecule has 2 aromatic rings. The molecule has 0 aliphatic rings. The highest BCUT2D eigenvalue weighted by Crippen LogP contribution is 2.19. The van der Waals surface area contributed by atoms with E-state index in [1.165, 1.54) is 10.4 Å². The number of aryl methyl sites for hydroxylation is 1. The van der Waals surface area contributed by atoms with Crippen molar-refractivity contribution in [2.45, 2.75) is 33.0 Å². The number of benzene rings is 1. The first-order valence-corrected chi connectivity index (χ1v) is 8.53. The predicted molar refractivity (Wildman–Crippen MR) is 94.8 cm³/mol. The normalized spacial score (nSPS) is 12.2. The number of thiophene rings is 1. The lowest BCUT2D eigenvalue weighted by Gasteiger charge is -2.24. The van der Waals surface area contributed by atoms with Crippen LogP contribution in [0.2, 0.25) is 0 Å². The van der Waals surface area contributed by atoms with E-state index in [0.717, 1.165) is 17.9 Å². The van der Waals surface area contributed by atoms with E-state index in [2.05, 4.69) is 28.6 Å². The summed E-state index contributed by atoms with van der Waals surface area (Å²) >= 11 is 1.73. The summed E-state index contributed by atoms with van der Waals surface area (Å²) in [5.74, 6) is 0.815. The first-order valence-electron chi connectivity index (χ1n) is 7.65. The van der Waals surface area contributed by atoms with E-state index in [1.807, 2.05) is 38.2 Å². The Kier molecular flexibility index (Phi) is 6.19. The lowest BCUT2D eigenvalue weighted by atomic mass is 10.2. The van der Waals surface area contributed by atoms with Crippen LogP contribution >= 0.6 is 11.3 Å². The average Bonchev–Trinajstić information content (AvgIpc) is 2.96. The molecule has 1 amide bonds. The molecule has 1 atom stereocenters. The van der Waals surface area contributed by atoms with Crippen LogP contribution in [0.3, 0.4) is 0 Å². The van der Waals surface area contributed by atoms with Crippen LogP contribution in [0, 0.1) is 6.92 Å². The molecular formula is C18H24N2O2S. The highest BCUT2D eigenvalue weighted by molar-refractivity contribution is 7.10. The summed E-state index contributed by atoms with van der Waals surface area (Å²) in [7, 11) is 3.62. The molecule has 0 saturated carbocycles. The Labute approximate surface area is 142 Å². The van der Waals surface area contributed by atoms with Crippen molar-refractivity contribution in [2.24, 2.45) is 0 Å². The van der Waals surface area contributed by atoms with Crippen LogP contribution in [0.25, 0.3) is 0 Å². The average molecular weight is 332 g/mol. The van der Waals surface area contributed by atoms with Gasteiger partial charge in [0.1, 0.15) is 5.75 Å².